The van der Waals surface area contributed by atoms with Crippen LogP contribution < -0.4 is 5.32 Å². The zero-order valence-electron chi connectivity index (χ0n) is 12.1. The van der Waals surface area contributed by atoms with E-state index in [1.165, 1.54) is 13.0 Å². The van der Waals surface area contributed by atoms with Gasteiger partial charge in [0, 0.05) is 29.4 Å². The van der Waals surface area contributed by atoms with E-state index in [0.717, 1.165) is 17.0 Å². The van der Waals surface area contributed by atoms with Crippen molar-refractivity contribution in [3.05, 3.63) is 50.8 Å². The van der Waals surface area contributed by atoms with Crippen LogP contribution in [0.4, 0.5) is 11.4 Å². The van der Waals surface area contributed by atoms with E-state index >= 15 is 0 Å². The molecule has 0 amide bonds. The lowest BCUT2D eigenvalue weighted by Gasteiger charge is -2.08. The summed E-state index contributed by atoms with van der Waals surface area (Å²) in [5.74, 6) is -0.203. The molecule has 7 heteroatoms. The van der Waals surface area contributed by atoms with Crippen LogP contribution in [0.2, 0.25) is 0 Å². The number of aromatic amines is 1. The van der Waals surface area contributed by atoms with Crippen LogP contribution in [0, 0.1) is 24.0 Å². The van der Waals surface area contributed by atoms with Crippen molar-refractivity contribution in [3.63, 3.8) is 0 Å². The Morgan fingerprint density at radius 1 is 1.43 bits per heavy atom. The second-order valence-electron chi connectivity index (χ2n) is 4.81. The Morgan fingerprint density at radius 3 is 2.67 bits per heavy atom. The van der Waals surface area contributed by atoms with Gasteiger partial charge in [-0.15, -0.1) is 0 Å². The quantitative estimate of drug-likeness (QED) is 0.500. The van der Waals surface area contributed by atoms with Gasteiger partial charge in [-0.3, -0.25) is 20.0 Å². The van der Waals surface area contributed by atoms with Gasteiger partial charge in [0.15, 0.2) is 5.78 Å². The summed E-state index contributed by atoms with van der Waals surface area (Å²) in [6.07, 6.45) is 0. The highest BCUT2D eigenvalue weighted by molar-refractivity contribution is 5.95. The van der Waals surface area contributed by atoms with Crippen LogP contribution >= 0.6 is 0 Å². The summed E-state index contributed by atoms with van der Waals surface area (Å²) in [6, 6.07) is 4.42. The maximum Gasteiger partial charge on any atom is 0.293 e. The highest BCUT2D eigenvalue weighted by Gasteiger charge is 2.16. The maximum atomic E-state index is 11.3. The Kier molecular flexibility index (Phi) is 4.02. The second-order valence-corrected chi connectivity index (χ2v) is 4.81. The van der Waals surface area contributed by atoms with E-state index < -0.39 is 4.92 Å². The highest BCUT2D eigenvalue weighted by atomic mass is 16.6. The van der Waals surface area contributed by atoms with Crippen molar-refractivity contribution in [3.8, 4) is 0 Å². The molecule has 2 N–H and O–H groups in total. The summed E-state index contributed by atoms with van der Waals surface area (Å²) in [6.45, 7) is 5.57. The lowest BCUT2D eigenvalue weighted by atomic mass is 10.1. The first-order chi connectivity index (χ1) is 9.90. The summed E-state index contributed by atoms with van der Waals surface area (Å²) in [7, 11) is 0. The number of carbonyl (C=O) groups is 1. The lowest BCUT2D eigenvalue weighted by molar-refractivity contribution is -0.384. The Bertz CT molecular complexity index is 687. The number of carbonyl (C=O) groups excluding carboxylic acids is 1. The normalized spacial score (nSPS) is 10.4. The third-order valence-electron chi connectivity index (χ3n) is 3.34. The van der Waals surface area contributed by atoms with Crippen LogP contribution in [0.5, 0.6) is 0 Å². The van der Waals surface area contributed by atoms with E-state index in [1.807, 2.05) is 13.8 Å². The van der Waals surface area contributed by atoms with Crippen LogP contribution in [0.15, 0.2) is 18.2 Å². The zero-order chi connectivity index (χ0) is 15.6. The first-order valence-corrected chi connectivity index (χ1v) is 6.44. The number of hydrogen-bond acceptors (Lipinski definition) is 5. The Labute approximate surface area is 121 Å². The van der Waals surface area contributed by atoms with Crippen molar-refractivity contribution in [2.75, 3.05) is 5.32 Å². The molecule has 1 heterocycles. The molecule has 0 spiro atoms. The summed E-state index contributed by atoms with van der Waals surface area (Å²) in [5, 5.41) is 21.1. The Balaban J connectivity index is 2.28. The molecule has 0 aliphatic heterocycles. The van der Waals surface area contributed by atoms with Gasteiger partial charge < -0.3 is 5.32 Å². The highest BCUT2D eigenvalue weighted by Crippen LogP contribution is 2.26. The minimum Gasteiger partial charge on any atom is -0.375 e. The van der Waals surface area contributed by atoms with Crippen molar-refractivity contribution in [1.29, 1.82) is 0 Å². The van der Waals surface area contributed by atoms with Gasteiger partial charge in [0.2, 0.25) is 0 Å². The first-order valence-electron chi connectivity index (χ1n) is 6.44. The molecule has 0 saturated carbocycles. The van der Waals surface area contributed by atoms with Gasteiger partial charge in [-0.05, 0) is 32.9 Å². The largest absolute Gasteiger partial charge is 0.375 e. The van der Waals surface area contributed by atoms with Gasteiger partial charge in [0.25, 0.3) is 5.69 Å². The van der Waals surface area contributed by atoms with Crippen molar-refractivity contribution in [2.45, 2.75) is 27.3 Å². The number of H-pyrrole nitrogens is 1. The molecule has 0 unspecified atom stereocenters. The standard InChI is InChI=1S/C14H16N4O3/c1-8-12(9(2)17-16-8)7-15-13-5-4-11(10(3)19)6-14(13)18(20)21/h4-6,15H,7H2,1-3H3,(H,16,17). The van der Waals surface area contributed by atoms with Crippen LogP contribution in [0.3, 0.4) is 0 Å². The molecular formula is C14H16N4O3. The van der Waals surface area contributed by atoms with Crippen molar-refractivity contribution in [1.82, 2.24) is 10.2 Å². The van der Waals surface area contributed by atoms with Gasteiger partial charge >= 0.3 is 0 Å². The van der Waals surface area contributed by atoms with E-state index in [9.17, 15) is 14.9 Å². The minimum absolute atomic E-state index is 0.110. The summed E-state index contributed by atoms with van der Waals surface area (Å²) in [5.41, 5.74) is 3.33. The number of nitrogens with one attached hydrogen (secondary N) is 2. The monoisotopic (exact) mass is 288 g/mol. The number of ketones is 1. The molecule has 0 aliphatic rings. The number of nitrogens with zero attached hydrogens (tertiary/aromatic N) is 2. The summed E-state index contributed by atoms with van der Waals surface area (Å²) >= 11 is 0. The number of rotatable bonds is 5. The van der Waals surface area contributed by atoms with Crippen LogP contribution in [-0.4, -0.2) is 20.9 Å². The molecule has 0 bridgehead atoms. The lowest BCUT2D eigenvalue weighted by Crippen LogP contribution is -2.05. The van der Waals surface area contributed by atoms with E-state index in [4.69, 9.17) is 0 Å². The van der Waals surface area contributed by atoms with Crippen molar-refractivity contribution in [2.24, 2.45) is 0 Å². The molecule has 0 fully saturated rings. The topological polar surface area (TPSA) is 101 Å². The first kappa shape index (κ1) is 14.7. The van der Waals surface area contributed by atoms with Crippen LogP contribution in [0.25, 0.3) is 0 Å². The number of benzene rings is 1. The average Bonchev–Trinajstić information content (AvgIpc) is 2.75. The van der Waals surface area contributed by atoms with Gasteiger partial charge in [-0.25, -0.2) is 0 Å². The van der Waals surface area contributed by atoms with E-state index in [2.05, 4.69) is 15.5 Å². The molecule has 1 aromatic carbocycles. The fourth-order valence-corrected chi connectivity index (χ4v) is 2.07. The molecular weight excluding hydrogens is 272 g/mol. The predicted octanol–water partition coefficient (Wildman–Crippen LogP) is 2.75. The maximum absolute atomic E-state index is 11.3. The third kappa shape index (κ3) is 3.07. The van der Waals surface area contributed by atoms with Gasteiger partial charge in [-0.1, -0.05) is 0 Å². The smallest absolute Gasteiger partial charge is 0.293 e. The number of anilines is 1. The zero-order valence-corrected chi connectivity index (χ0v) is 12.1. The molecule has 1 aromatic heterocycles. The van der Waals surface area contributed by atoms with E-state index in [-0.39, 0.29) is 11.5 Å². The summed E-state index contributed by atoms with van der Waals surface area (Å²) in [4.78, 5) is 21.9. The molecule has 7 nitrogen and oxygen atoms in total. The predicted molar refractivity (Wildman–Crippen MR) is 78.5 cm³/mol. The third-order valence-corrected chi connectivity index (χ3v) is 3.34. The SMILES string of the molecule is CC(=O)c1ccc(NCc2c(C)n[nH]c2C)c([N+](=O)[O-])c1. The molecule has 0 radical (unpaired) electrons. The minimum atomic E-state index is -0.496. The fourth-order valence-electron chi connectivity index (χ4n) is 2.07. The molecule has 0 aliphatic carbocycles. The summed E-state index contributed by atoms with van der Waals surface area (Å²) < 4.78 is 0. The van der Waals surface area contributed by atoms with Gasteiger partial charge in [-0.2, -0.15) is 5.10 Å². The number of nitro groups is 1. The van der Waals surface area contributed by atoms with Crippen LogP contribution in [-0.2, 0) is 6.54 Å². The molecule has 0 saturated heterocycles. The van der Waals surface area contributed by atoms with Gasteiger partial charge in [0.1, 0.15) is 5.69 Å². The van der Waals surface area contributed by atoms with E-state index in [1.54, 1.807) is 12.1 Å². The number of aromatic nitrogens is 2. The average molecular weight is 288 g/mol. The number of nitro benzene ring substituents is 1. The van der Waals surface area contributed by atoms with Gasteiger partial charge in [0.05, 0.1) is 10.6 Å². The van der Waals surface area contributed by atoms with Crippen LogP contribution in [0.1, 0.15) is 34.2 Å². The molecule has 2 rings (SSSR count). The number of Topliss-reactive ketones (excluding diaryl/α,β-unsaturated/α-hetero) is 1. The van der Waals surface area contributed by atoms with Crippen molar-refractivity contribution < 1.29 is 9.72 Å². The molecule has 110 valence electrons. The van der Waals surface area contributed by atoms with Crippen molar-refractivity contribution >= 4 is 17.2 Å². The van der Waals surface area contributed by atoms with E-state index in [0.29, 0.717) is 17.8 Å². The number of hydrogen-bond donors (Lipinski definition) is 2. The molecule has 21 heavy (non-hydrogen) atoms. The fraction of sp³-hybridized carbons (Fsp3) is 0.286. The second kappa shape index (κ2) is 5.74. The Morgan fingerprint density at radius 2 is 2.14 bits per heavy atom. The Hall–Kier alpha value is -2.70. The molecule has 0 atom stereocenters. The molecule has 2 aromatic rings. The number of aryl methyl sites for hydroxylation is 2.